The second-order valence-electron chi connectivity index (χ2n) is 2.89. The molecule has 0 aliphatic carbocycles. The van der Waals surface area contributed by atoms with Crippen molar-refractivity contribution < 1.29 is 13.2 Å². The predicted octanol–water partition coefficient (Wildman–Crippen LogP) is 4.19. The van der Waals surface area contributed by atoms with Crippen molar-refractivity contribution in [3.8, 4) is 0 Å². The van der Waals surface area contributed by atoms with E-state index in [1.807, 2.05) is 0 Å². The Hall–Kier alpha value is -0.550. The third-order valence-corrected chi connectivity index (χ3v) is 3.09. The number of alkyl halides is 4. The maximum absolute atomic E-state index is 12.2. The van der Waals surface area contributed by atoms with Crippen LogP contribution >= 0.6 is 22.9 Å². The Morgan fingerprint density at radius 3 is 2.73 bits per heavy atom. The van der Waals surface area contributed by atoms with Crippen molar-refractivity contribution in [2.45, 2.75) is 19.5 Å². The van der Waals surface area contributed by atoms with Crippen LogP contribution in [0.4, 0.5) is 13.2 Å². The smallest absolute Gasteiger partial charge is 0.240 e. The predicted molar refractivity (Wildman–Crippen MR) is 56.1 cm³/mol. The zero-order valence-corrected chi connectivity index (χ0v) is 9.51. The molecule has 0 bridgehead atoms. The maximum Gasteiger partial charge on any atom is 0.443 e. The summed E-state index contributed by atoms with van der Waals surface area (Å²) in [5.74, 6) is 0.461. The highest BCUT2D eigenvalue weighted by Crippen LogP contribution is 2.34. The first-order valence-corrected chi connectivity index (χ1v) is 5.56. The highest BCUT2D eigenvalue weighted by Gasteiger charge is 2.34. The van der Waals surface area contributed by atoms with Crippen molar-refractivity contribution in [3.63, 3.8) is 0 Å². The van der Waals surface area contributed by atoms with Crippen LogP contribution in [0.5, 0.6) is 0 Å². The summed E-state index contributed by atoms with van der Waals surface area (Å²) >= 11 is 6.12. The lowest BCUT2D eigenvalue weighted by atomic mass is 10.2. The average Bonchev–Trinajstić information content (AvgIpc) is 2.62. The minimum atomic E-state index is -4.35. The number of halogens is 4. The van der Waals surface area contributed by atoms with Gasteiger partial charge in [-0.25, -0.2) is 4.98 Å². The lowest BCUT2D eigenvalue weighted by Gasteiger charge is -1.99. The van der Waals surface area contributed by atoms with Crippen molar-refractivity contribution in [2.24, 2.45) is 0 Å². The molecule has 0 aromatic carbocycles. The van der Waals surface area contributed by atoms with Gasteiger partial charge in [0.25, 0.3) is 0 Å². The number of thiazole rings is 1. The van der Waals surface area contributed by atoms with Crippen molar-refractivity contribution in [3.05, 3.63) is 22.2 Å². The van der Waals surface area contributed by atoms with Crippen LogP contribution in [0.15, 0.2) is 12.3 Å². The number of hydrogen-bond acceptors (Lipinski definition) is 2. The Morgan fingerprint density at radius 2 is 2.27 bits per heavy atom. The topological polar surface area (TPSA) is 12.9 Å². The summed E-state index contributed by atoms with van der Waals surface area (Å²) in [7, 11) is 0. The van der Waals surface area contributed by atoms with Gasteiger partial charge in [-0.05, 0) is 18.9 Å². The summed E-state index contributed by atoms with van der Waals surface area (Å²) in [5.41, 5.74) is 0.781. The van der Waals surface area contributed by atoms with Crippen LogP contribution in [0, 0.1) is 0 Å². The zero-order valence-electron chi connectivity index (χ0n) is 7.94. The van der Waals surface area contributed by atoms with Crippen molar-refractivity contribution >= 4 is 28.5 Å². The molecule has 1 aromatic rings. The molecule has 0 aliphatic rings. The summed E-state index contributed by atoms with van der Waals surface area (Å²) in [6, 6.07) is 0. The molecule has 0 radical (unpaired) electrons. The van der Waals surface area contributed by atoms with E-state index in [9.17, 15) is 13.2 Å². The van der Waals surface area contributed by atoms with Gasteiger partial charge in [0.2, 0.25) is 0 Å². The molecule has 0 spiro atoms. The molecule has 0 saturated carbocycles. The van der Waals surface area contributed by atoms with Crippen LogP contribution in [0.3, 0.4) is 0 Å². The fraction of sp³-hybridized carbons (Fsp3) is 0.444. The molecular formula is C9H9ClF3NS. The Morgan fingerprint density at radius 1 is 1.60 bits per heavy atom. The van der Waals surface area contributed by atoms with Gasteiger partial charge in [0.15, 0.2) is 5.01 Å². The molecule has 1 rings (SSSR count). The Labute approximate surface area is 94.6 Å². The summed E-state index contributed by atoms with van der Waals surface area (Å²) in [4.78, 5) is 3.87. The molecule has 1 nitrogen and oxygen atoms in total. The zero-order chi connectivity index (χ0) is 11.5. The summed E-state index contributed by atoms with van der Waals surface area (Å²) < 4.78 is 36.7. The van der Waals surface area contributed by atoms with E-state index < -0.39 is 11.2 Å². The highest BCUT2D eigenvalue weighted by atomic mass is 35.5. The SMILES string of the molecule is CC(=CCCCl)c1cnc(C(F)(F)F)s1. The molecule has 6 heteroatoms. The molecule has 0 atom stereocenters. The quantitative estimate of drug-likeness (QED) is 0.738. The van der Waals surface area contributed by atoms with E-state index in [1.54, 1.807) is 13.0 Å². The standard InChI is InChI=1S/C9H9ClF3NS/c1-6(3-2-4-10)7-5-14-8(15-7)9(11,12)13/h3,5H,2,4H2,1H3. The molecule has 0 saturated heterocycles. The maximum atomic E-state index is 12.2. The van der Waals surface area contributed by atoms with E-state index in [-0.39, 0.29) is 0 Å². The number of allylic oxidation sites excluding steroid dienone is 2. The van der Waals surface area contributed by atoms with Crippen LogP contribution in [-0.4, -0.2) is 10.9 Å². The van der Waals surface area contributed by atoms with Gasteiger partial charge in [-0.15, -0.1) is 22.9 Å². The first-order chi connectivity index (χ1) is 6.95. The minimum Gasteiger partial charge on any atom is -0.240 e. The molecule has 84 valence electrons. The monoisotopic (exact) mass is 255 g/mol. The summed E-state index contributed by atoms with van der Waals surface area (Å²) in [5, 5.41) is -0.809. The van der Waals surface area contributed by atoms with Gasteiger partial charge in [0.05, 0.1) is 4.88 Å². The van der Waals surface area contributed by atoms with Gasteiger partial charge >= 0.3 is 6.18 Å². The van der Waals surface area contributed by atoms with Crippen LogP contribution in [-0.2, 0) is 6.18 Å². The lowest BCUT2D eigenvalue weighted by Crippen LogP contribution is -2.02. The van der Waals surface area contributed by atoms with Gasteiger partial charge < -0.3 is 0 Å². The van der Waals surface area contributed by atoms with Crippen molar-refractivity contribution in [1.29, 1.82) is 0 Å². The van der Waals surface area contributed by atoms with E-state index in [4.69, 9.17) is 11.6 Å². The number of rotatable bonds is 3. The van der Waals surface area contributed by atoms with Gasteiger partial charge in [0, 0.05) is 12.1 Å². The molecule has 0 amide bonds. The fourth-order valence-corrected chi connectivity index (χ4v) is 1.85. The van der Waals surface area contributed by atoms with Crippen LogP contribution in [0.25, 0.3) is 5.57 Å². The van der Waals surface area contributed by atoms with Crippen LogP contribution in [0.2, 0.25) is 0 Å². The molecule has 0 fully saturated rings. The second kappa shape index (κ2) is 4.99. The molecule has 15 heavy (non-hydrogen) atoms. The second-order valence-corrected chi connectivity index (χ2v) is 4.30. The van der Waals surface area contributed by atoms with Crippen LogP contribution in [0.1, 0.15) is 23.2 Å². The normalized spacial score (nSPS) is 13.3. The molecule has 1 aromatic heterocycles. The highest BCUT2D eigenvalue weighted by molar-refractivity contribution is 7.12. The minimum absolute atomic E-state index is 0.461. The Bertz CT molecular complexity index is 356. The van der Waals surface area contributed by atoms with E-state index >= 15 is 0 Å². The molecule has 1 heterocycles. The third kappa shape index (κ3) is 3.50. The fourth-order valence-electron chi connectivity index (χ4n) is 0.959. The summed E-state index contributed by atoms with van der Waals surface area (Å²) in [6.45, 7) is 1.75. The summed E-state index contributed by atoms with van der Waals surface area (Å²) in [6.07, 6.45) is -0.656. The van der Waals surface area contributed by atoms with Gasteiger partial charge in [0.1, 0.15) is 0 Å². The van der Waals surface area contributed by atoms with Gasteiger partial charge in [-0.2, -0.15) is 13.2 Å². The molecule has 0 N–H and O–H groups in total. The molecule has 0 unspecified atom stereocenters. The van der Waals surface area contributed by atoms with Gasteiger partial charge in [-0.1, -0.05) is 6.08 Å². The van der Waals surface area contributed by atoms with Crippen molar-refractivity contribution in [2.75, 3.05) is 5.88 Å². The van der Waals surface area contributed by atoms with E-state index in [1.165, 1.54) is 6.20 Å². The van der Waals surface area contributed by atoms with Crippen LogP contribution < -0.4 is 0 Å². The number of hydrogen-bond donors (Lipinski definition) is 0. The molecule has 0 aliphatic heterocycles. The Balaban J connectivity index is 2.85. The van der Waals surface area contributed by atoms with E-state index in [2.05, 4.69) is 4.98 Å². The van der Waals surface area contributed by atoms with Gasteiger partial charge in [-0.3, -0.25) is 0 Å². The lowest BCUT2D eigenvalue weighted by molar-refractivity contribution is -0.137. The third-order valence-electron chi connectivity index (χ3n) is 1.70. The number of aromatic nitrogens is 1. The Kier molecular flexibility index (Phi) is 4.16. The molecular weight excluding hydrogens is 247 g/mol. The first-order valence-electron chi connectivity index (χ1n) is 4.21. The van der Waals surface area contributed by atoms with E-state index in [0.29, 0.717) is 28.5 Å². The van der Waals surface area contributed by atoms with Crippen molar-refractivity contribution in [1.82, 2.24) is 4.98 Å². The first kappa shape index (κ1) is 12.5. The van der Waals surface area contributed by atoms with E-state index in [0.717, 1.165) is 5.57 Å². The largest absolute Gasteiger partial charge is 0.443 e. The number of nitrogens with zero attached hydrogens (tertiary/aromatic N) is 1. The average molecular weight is 256 g/mol.